The number of rotatable bonds is 0. The molecule has 5 heterocycles. The molecule has 5 rings (SSSR count). The molecule has 162 valence electrons. The highest BCUT2D eigenvalue weighted by Gasteiger charge is 2.43. The summed E-state index contributed by atoms with van der Waals surface area (Å²) in [4.78, 5) is 16.8. The number of halogens is 1. The standard InChI is InChI=1S/C23H32FN5O/c1-22(2,3)18-16(24)17-15-19(28-21(26-17)23(4,5)6)29-11-12-7-8-13(25-12)14(29)9-10-30-20(15)27-18/h12-14,25H,7-11H2,1-6H3/t12-,13+,14+/m0/s1. The molecule has 3 aliphatic heterocycles. The monoisotopic (exact) mass is 413 g/mol. The second-order valence-electron chi connectivity index (χ2n) is 11.1. The minimum atomic E-state index is -0.454. The van der Waals surface area contributed by atoms with Crippen molar-refractivity contribution in [2.75, 3.05) is 18.1 Å². The lowest BCUT2D eigenvalue weighted by Crippen LogP contribution is -2.59. The fourth-order valence-corrected chi connectivity index (χ4v) is 5.03. The van der Waals surface area contributed by atoms with Crippen molar-refractivity contribution in [1.82, 2.24) is 20.3 Å². The first kappa shape index (κ1) is 19.9. The minimum absolute atomic E-state index is 0.285. The van der Waals surface area contributed by atoms with Gasteiger partial charge < -0.3 is 15.0 Å². The van der Waals surface area contributed by atoms with Gasteiger partial charge in [0.15, 0.2) is 5.82 Å². The van der Waals surface area contributed by atoms with E-state index in [0.717, 1.165) is 25.2 Å². The van der Waals surface area contributed by atoms with Crippen LogP contribution in [-0.2, 0) is 10.8 Å². The molecule has 2 bridgehead atoms. The van der Waals surface area contributed by atoms with Crippen molar-refractivity contribution in [3.05, 3.63) is 17.3 Å². The van der Waals surface area contributed by atoms with Gasteiger partial charge in [-0.3, -0.25) is 0 Å². The third kappa shape index (κ3) is 3.04. The molecule has 2 aromatic rings. The highest BCUT2D eigenvalue weighted by molar-refractivity contribution is 5.95. The number of pyridine rings is 1. The van der Waals surface area contributed by atoms with Crippen LogP contribution in [-0.4, -0.2) is 46.2 Å². The van der Waals surface area contributed by atoms with E-state index in [2.05, 4.69) is 36.0 Å². The lowest BCUT2D eigenvalue weighted by molar-refractivity contribution is 0.254. The number of nitrogens with one attached hydrogen (secondary N) is 1. The predicted octanol–water partition coefficient (Wildman–Crippen LogP) is 3.85. The summed E-state index contributed by atoms with van der Waals surface area (Å²) in [5.74, 6) is 1.56. The molecule has 3 aliphatic rings. The molecule has 2 saturated heterocycles. The van der Waals surface area contributed by atoms with E-state index in [1.807, 2.05) is 20.8 Å². The highest BCUT2D eigenvalue weighted by Crippen LogP contribution is 2.42. The van der Waals surface area contributed by atoms with E-state index in [1.54, 1.807) is 0 Å². The lowest BCUT2D eigenvalue weighted by Gasteiger charge is -2.43. The molecular formula is C23H32FN5O. The summed E-state index contributed by atoms with van der Waals surface area (Å²) in [5, 5.41) is 4.37. The van der Waals surface area contributed by atoms with E-state index < -0.39 is 5.41 Å². The van der Waals surface area contributed by atoms with Crippen LogP contribution in [0.1, 0.15) is 72.3 Å². The van der Waals surface area contributed by atoms with E-state index in [4.69, 9.17) is 14.7 Å². The maximum absolute atomic E-state index is 15.8. The second-order valence-corrected chi connectivity index (χ2v) is 11.1. The van der Waals surface area contributed by atoms with Gasteiger partial charge in [-0.1, -0.05) is 41.5 Å². The van der Waals surface area contributed by atoms with Crippen molar-refractivity contribution < 1.29 is 9.13 Å². The third-order valence-corrected chi connectivity index (χ3v) is 6.60. The summed E-state index contributed by atoms with van der Waals surface area (Å²) in [6, 6.07) is 1.15. The van der Waals surface area contributed by atoms with Gasteiger partial charge in [-0.25, -0.2) is 19.3 Å². The number of fused-ring (bicyclic) bond motifs is 5. The summed E-state index contributed by atoms with van der Waals surface area (Å²) < 4.78 is 22.0. The van der Waals surface area contributed by atoms with Crippen molar-refractivity contribution in [1.29, 1.82) is 0 Å². The number of hydrogen-bond donors (Lipinski definition) is 1. The molecule has 2 fully saturated rings. The number of nitrogens with zero attached hydrogens (tertiary/aromatic N) is 4. The summed E-state index contributed by atoms with van der Waals surface area (Å²) >= 11 is 0. The molecule has 0 amide bonds. The molecule has 0 saturated carbocycles. The normalized spacial score (nSPS) is 26.2. The Balaban J connectivity index is 1.83. The minimum Gasteiger partial charge on any atom is -0.477 e. The predicted molar refractivity (Wildman–Crippen MR) is 116 cm³/mol. The Hall–Kier alpha value is -2.02. The zero-order valence-electron chi connectivity index (χ0n) is 18.8. The third-order valence-electron chi connectivity index (χ3n) is 6.60. The first-order valence-corrected chi connectivity index (χ1v) is 11.1. The van der Waals surface area contributed by atoms with Gasteiger partial charge >= 0.3 is 0 Å². The van der Waals surface area contributed by atoms with Gasteiger partial charge in [-0.15, -0.1) is 0 Å². The van der Waals surface area contributed by atoms with Crippen LogP contribution in [0.3, 0.4) is 0 Å². The van der Waals surface area contributed by atoms with E-state index >= 15 is 4.39 Å². The van der Waals surface area contributed by atoms with Crippen LogP contribution in [0, 0.1) is 5.82 Å². The maximum atomic E-state index is 15.8. The molecule has 0 unspecified atom stereocenters. The van der Waals surface area contributed by atoms with Crippen LogP contribution in [0.4, 0.5) is 10.2 Å². The molecular weight excluding hydrogens is 381 g/mol. The SMILES string of the molecule is CC(C)(C)c1nc2c3c(nc(C(C)(C)C)c(F)c3n1)OCC[C@@H]1[C@H]3CC[C@@H](CN21)N3. The van der Waals surface area contributed by atoms with E-state index in [0.29, 0.717) is 47.0 Å². The summed E-state index contributed by atoms with van der Waals surface area (Å²) in [6.07, 6.45) is 3.22. The van der Waals surface area contributed by atoms with E-state index in [-0.39, 0.29) is 17.3 Å². The molecule has 7 heteroatoms. The fraction of sp³-hybridized carbons (Fsp3) is 0.696. The van der Waals surface area contributed by atoms with Crippen LogP contribution in [0.2, 0.25) is 0 Å². The second kappa shape index (κ2) is 6.49. The Kier molecular flexibility index (Phi) is 4.31. The summed E-state index contributed by atoms with van der Waals surface area (Å²) in [7, 11) is 0. The Bertz CT molecular complexity index is 1010. The van der Waals surface area contributed by atoms with Crippen LogP contribution >= 0.6 is 0 Å². The van der Waals surface area contributed by atoms with Crippen molar-refractivity contribution >= 4 is 16.7 Å². The average molecular weight is 414 g/mol. The Morgan fingerprint density at radius 2 is 1.77 bits per heavy atom. The summed E-state index contributed by atoms with van der Waals surface area (Å²) in [6.45, 7) is 13.6. The number of piperazine rings is 1. The van der Waals surface area contributed by atoms with Crippen LogP contribution in [0.15, 0.2) is 0 Å². The highest BCUT2D eigenvalue weighted by atomic mass is 19.1. The van der Waals surface area contributed by atoms with Gasteiger partial charge in [-0.05, 0) is 12.8 Å². The van der Waals surface area contributed by atoms with Crippen molar-refractivity contribution in [2.45, 2.75) is 89.8 Å². The molecule has 0 aromatic carbocycles. The van der Waals surface area contributed by atoms with Crippen molar-refractivity contribution in [3.8, 4) is 5.88 Å². The molecule has 0 spiro atoms. The first-order valence-electron chi connectivity index (χ1n) is 11.1. The smallest absolute Gasteiger partial charge is 0.227 e. The molecule has 2 aromatic heterocycles. The van der Waals surface area contributed by atoms with E-state index in [1.165, 1.54) is 6.42 Å². The Morgan fingerprint density at radius 1 is 1.00 bits per heavy atom. The molecule has 0 radical (unpaired) electrons. The van der Waals surface area contributed by atoms with Crippen LogP contribution in [0.5, 0.6) is 5.88 Å². The number of aromatic nitrogens is 3. The molecule has 1 N–H and O–H groups in total. The first-order chi connectivity index (χ1) is 14.0. The Morgan fingerprint density at radius 3 is 2.47 bits per heavy atom. The zero-order chi connectivity index (χ0) is 21.4. The van der Waals surface area contributed by atoms with Crippen LogP contribution < -0.4 is 15.0 Å². The van der Waals surface area contributed by atoms with Crippen LogP contribution in [0.25, 0.3) is 10.9 Å². The fourth-order valence-electron chi connectivity index (χ4n) is 5.03. The molecule has 30 heavy (non-hydrogen) atoms. The zero-order valence-corrected chi connectivity index (χ0v) is 18.8. The quantitative estimate of drug-likeness (QED) is 0.708. The number of anilines is 1. The van der Waals surface area contributed by atoms with Crippen molar-refractivity contribution in [3.63, 3.8) is 0 Å². The van der Waals surface area contributed by atoms with Gasteiger partial charge in [0.1, 0.15) is 22.5 Å². The lowest BCUT2D eigenvalue weighted by atomic mass is 9.90. The summed E-state index contributed by atoms with van der Waals surface area (Å²) in [5.41, 5.74) is -0.0170. The maximum Gasteiger partial charge on any atom is 0.227 e. The van der Waals surface area contributed by atoms with Gasteiger partial charge in [0.05, 0.1) is 12.3 Å². The van der Waals surface area contributed by atoms with Gasteiger partial charge in [0, 0.05) is 41.9 Å². The van der Waals surface area contributed by atoms with Gasteiger partial charge in [0.2, 0.25) is 5.88 Å². The van der Waals surface area contributed by atoms with Gasteiger partial charge in [0.25, 0.3) is 0 Å². The largest absolute Gasteiger partial charge is 0.477 e. The molecule has 0 aliphatic carbocycles. The Labute approximate surface area is 177 Å². The topological polar surface area (TPSA) is 63.2 Å². The average Bonchev–Trinajstić information content (AvgIpc) is 3.03. The van der Waals surface area contributed by atoms with Gasteiger partial charge in [-0.2, -0.15) is 0 Å². The van der Waals surface area contributed by atoms with E-state index in [9.17, 15) is 0 Å². The molecule has 6 nitrogen and oxygen atoms in total. The number of ether oxygens (including phenoxy) is 1. The van der Waals surface area contributed by atoms with Crippen molar-refractivity contribution in [2.24, 2.45) is 0 Å². The number of hydrogen-bond acceptors (Lipinski definition) is 6. The molecule has 3 atom stereocenters.